The molecule has 10 rings (SSSR count). The lowest BCUT2D eigenvalue weighted by atomic mass is 9.63. The van der Waals surface area contributed by atoms with Gasteiger partial charge in [0.1, 0.15) is 23.5 Å². The van der Waals surface area contributed by atoms with Gasteiger partial charge in [0.25, 0.3) is 0 Å². The maximum absolute atomic E-state index is 14.2. The minimum atomic E-state index is -4.43. The summed E-state index contributed by atoms with van der Waals surface area (Å²) in [4.78, 5) is 60.1. The van der Waals surface area contributed by atoms with Crippen molar-refractivity contribution in [2.75, 3.05) is 25.6 Å². The van der Waals surface area contributed by atoms with Crippen molar-refractivity contribution in [2.45, 2.75) is 108 Å². The van der Waals surface area contributed by atoms with Crippen LogP contribution in [0.5, 0.6) is 0 Å². The number of amides is 3. The molecule has 0 aromatic heterocycles. The lowest BCUT2D eigenvalue weighted by molar-refractivity contribution is -0.178. The number of carbonyl (C=O) groups excluding carboxylic acids is 4. The van der Waals surface area contributed by atoms with E-state index in [1.165, 1.54) is 25.0 Å². The molecule has 75 heavy (non-hydrogen) atoms. The molecule has 0 unspecified atom stereocenters. The van der Waals surface area contributed by atoms with Crippen LogP contribution >= 0.6 is 11.6 Å². The molecule has 0 radical (unpaired) electrons. The Bertz CT molecular complexity index is 2730. The van der Waals surface area contributed by atoms with Gasteiger partial charge >= 0.3 is 6.18 Å². The van der Waals surface area contributed by atoms with Gasteiger partial charge in [-0.05, 0) is 103 Å². The molecule has 4 aliphatic rings. The van der Waals surface area contributed by atoms with E-state index < -0.39 is 28.9 Å². The molecule has 1 spiro atoms. The van der Waals surface area contributed by atoms with Crippen molar-refractivity contribution >= 4 is 35.1 Å². The number of Topliss-reactive ketones (excluding diaryl/α,β-unsaturated/α-hetero) is 1. The molecule has 2 saturated carbocycles. The third-order valence-corrected chi connectivity index (χ3v) is 15.5. The number of aryl methyl sites for hydroxylation is 1. The second-order valence-corrected chi connectivity index (χ2v) is 21.1. The van der Waals surface area contributed by atoms with Gasteiger partial charge in [-0.15, -0.1) is 11.6 Å². The molecule has 6 aromatic rings. The highest BCUT2D eigenvalue weighted by Gasteiger charge is 2.60. The SMILES string of the molecule is C1CCOC1.CC1CC2(C1)C(=O)N(C(c1ccccc1)c1ccccc1)CC(=O)N2Cc1ccc(C(F)(F)F)cc1.Cc1ccc(CN(C(=O)CCl)C2(C(=O)CC(c3ccccc3)c3ccccc3)CC(C)C2)cc1. The second kappa shape index (κ2) is 24.4. The van der Waals surface area contributed by atoms with E-state index in [2.05, 4.69) is 31.2 Å². The molecule has 2 saturated heterocycles. The zero-order valence-corrected chi connectivity index (χ0v) is 43.8. The van der Waals surface area contributed by atoms with Crippen LogP contribution in [0.4, 0.5) is 13.2 Å². The highest BCUT2D eigenvalue weighted by Crippen LogP contribution is 2.49. The predicted molar refractivity (Wildman–Crippen MR) is 288 cm³/mol. The number of rotatable bonds is 14. The number of hydrogen-bond donors (Lipinski definition) is 0. The molecular formula is C63H67ClF3N3O5. The van der Waals surface area contributed by atoms with E-state index in [1.807, 2.05) is 135 Å². The molecule has 8 nitrogen and oxygen atoms in total. The van der Waals surface area contributed by atoms with E-state index in [0.717, 1.165) is 58.7 Å². The van der Waals surface area contributed by atoms with Gasteiger partial charge in [0.15, 0.2) is 5.78 Å². The van der Waals surface area contributed by atoms with E-state index in [4.69, 9.17) is 16.3 Å². The normalized spacial score (nSPS) is 21.1. The van der Waals surface area contributed by atoms with Crippen molar-refractivity contribution in [1.29, 1.82) is 0 Å². The number of ketones is 1. The fourth-order valence-electron chi connectivity index (χ4n) is 11.5. The Morgan fingerprint density at radius 1 is 0.667 bits per heavy atom. The average molecular weight is 1040 g/mol. The third kappa shape index (κ3) is 12.8. The van der Waals surface area contributed by atoms with Crippen molar-refractivity contribution in [3.8, 4) is 0 Å². The van der Waals surface area contributed by atoms with E-state index in [9.17, 15) is 32.3 Å². The Morgan fingerprint density at radius 2 is 1.13 bits per heavy atom. The van der Waals surface area contributed by atoms with Crippen LogP contribution in [0.3, 0.4) is 0 Å². The van der Waals surface area contributed by atoms with Gasteiger partial charge in [-0.3, -0.25) is 19.2 Å². The van der Waals surface area contributed by atoms with Gasteiger partial charge < -0.3 is 19.4 Å². The quantitative estimate of drug-likeness (QED) is 0.101. The largest absolute Gasteiger partial charge is 0.416 e. The van der Waals surface area contributed by atoms with Gasteiger partial charge in [0.05, 0.1) is 11.6 Å². The molecule has 6 aromatic carbocycles. The topological polar surface area (TPSA) is 87.2 Å². The summed E-state index contributed by atoms with van der Waals surface area (Å²) in [5.74, 6) is 0.101. The van der Waals surface area contributed by atoms with E-state index in [0.29, 0.717) is 50.1 Å². The van der Waals surface area contributed by atoms with Crippen molar-refractivity contribution in [1.82, 2.24) is 14.7 Å². The number of benzene rings is 6. The summed E-state index contributed by atoms with van der Waals surface area (Å²) in [6.07, 6.45) is 0.897. The van der Waals surface area contributed by atoms with Crippen molar-refractivity contribution in [3.05, 3.63) is 214 Å². The van der Waals surface area contributed by atoms with Crippen molar-refractivity contribution in [2.24, 2.45) is 11.8 Å². The van der Waals surface area contributed by atoms with Gasteiger partial charge in [0.2, 0.25) is 17.7 Å². The maximum Gasteiger partial charge on any atom is 0.416 e. The van der Waals surface area contributed by atoms with E-state index in [-0.39, 0.29) is 54.3 Å². The second-order valence-electron chi connectivity index (χ2n) is 20.8. The van der Waals surface area contributed by atoms with Crippen LogP contribution in [0.2, 0.25) is 0 Å². The molecule has 4 fully saturated rings. The zero-order chi connectivity index (χ0) is 53.2. The lowest BCUT2D eigenvalue weighted by Gasteiger charge is -2.57. The molecule has 3 amide bonds. The van der Waals surface area contributed by atoms with Gasteiger partial charge in [-0.2, -0.15) is 13.2 Å². The van der Waals surface area contributed by atoms with Crippen LogP contribution in [0.25, 0.3) is 0 Å². The third-order valence-electron chi connectivity index (χ3n) is 15.2. The molecule has 2 aliphatic heterocycles. The fourth-order valence-corrected chi connectivity index (χ4v) is 11.6. The Hall–Kier alpha value is -6.56. The summed E-state index contributed by atoms with van der Waals surface area (Å²) in [5, 5.41) is 0. The standard InChI is InChI=1S/C30H32ClNO2.C29H27F3N2O2.C4H8O/c1-22-13-15-24(16-14-22)21-32(29(34)20-31)30(18-23(2)19-30)28(33)17-27(25-9-5-3-6-10-25)26-11-7-4-8-12-26;1-20-16-28(17-20)27(36)33(26(22-8-4-2-5-9-22)23-10-6-3-7-11-23)19-25(35)34(28)18-21-12-14-24(15-13-21)29(30,31)32;1-2-4-5-3-1/h3-16,23,27H,17-21H2,1-2H3;2-15,20,26H,16-19H2,1H3;1-4H2. The van der Waals surface area contributed by atoms with Gasteiger partial charge in [-0.25, -0.2) is 0 Å². The number of alkyl halides is 4. The minimum Gasteiger partial charge on any atom is -0.381 e. The van der Waals surface area contributed by atoms with Crippen LogP contribution in [0.1, 0.15) is 115 Å². The number of halogens is 4. The highest BCUT2D eigenvalue weighted by atomic mass is 35.5. The number of nitrogens with zero attached hydrogens (tertiary/aromatic N) is 3. The Kier molecular flexibility index (Phi) is 17.8. The smallest absolute Gasteiger partial charge is 0.381 e. The monoisotopic (exact) mass is 1040 g/mol. The molecule has 2 aliphatic carbocycles. The first-order chi connectivity index (χ1) is 36.1. The van der Waals surface area contributed by atoms with Gasteiger partial charge in [0, 0.05) is 38.6 Å². The Balaban J connectivity index is 0.000000182. The summed E-state index contributed by atoms with van der Waals surface area (Å²) in [6, 6.07) is 52.2. The fraction of sp³-hybridized carbons (Fsp3) is 0.365. The molecule has 0 N–H and O–H groups in total. The summed E-state index contributed by atoms with van der Waals surface area (Å²) >= 11 is 6.06. The van der Waals surface area contributed by atoms with Crippen molar-refractivity contribution in [3.63, 3.8) is 0 Å². The minimum absolute atomic E-state index is 0.0602. The molecular weight excluding hydrogens is 971 g/mol. The molecule has 12 heteroatoms. The first-order valence-electron chi connectivity index (χ1n) is 26.1. The van der Waals surface area contributed by atoms with E-state index in [1.54, 1.807) is 14.7 Å². The molecule has 0 atom stereocenters. The number of ether oxygens (including phenoxy) is 1. The van der Waals surface area contributed by atoms with Crippen LogP contribution in [0.15, 0.2) is 170 Å². The average Bonchev–Trinajstić information content (AvgIpc) is 4.02. The first kappa shape index (κ1) is 54.7. The van der Waals surface area contributed by atoms with E-state index >= 15 is 0 Å². The highest BCUT2D eigenvalue weighted by molar-refractivity contribution is 6.27. The van der Waals surface area contributed by atoms with Crippen molar-refractivity contribution < 1.29 is 37.1 Å². The van der Waals surface area contributed by atoms with Gasteiger partial charge in [-0.1, -0.05) is 177 Å². The lowest BCUT2D eigenvalue weighted by Crippen LogP contribution is -2.72. The zero-order valence-electron chi connectivity index (χ0n) is 43.1. The Morgan fingerprint density at radius 3 is 1.56 bits per heavy atom. The van der Waals surface area contributed by atoms with Crippen LogP contribution in [-0.4, -0.2) is 74.9 Å². The summed E-state index contributed by atoms with van der Waals surface area (Å²) < 4.78 is 44.0. The van der Waals surface area contributed by atoms with Crippen LogP contribution < -0.4 is 0 Å². The molecule has 0 bridgehead atoms. The Labute approximate surface area is 444 Å². The number of piperazine rings is 1. The van der Waals surface area contributed by atoms with Crippen LogP contribution in [0, 0.1) is 18.8 Å². The number of carbonyl (C=O) groups is 4. The number of hydrogen-bond acceptors (Lipinski definition) is 5. The molecule has 2 heterocycles. The molecule has 392 valence electrons. The summed E-state index contributed by atoms with van der Waals surface area (Å²) in [5.41, 5.74) is 4.27. The summed E-state index contributed by atoms with van der Waals surface area (Å²) in [7, 11) is 0. The first-order valence-corrected chi connectivity index (χ1v) is 26.7. The van der Waals surface area contributed by atoms with Crippen LogP contribution in [-0.2, 0) is 43.2 Å². The summed E-state index contributed by atoms with van der Waals surface area (Å²) in [6.45, 7) is 8.63. The predicted octanol–water partition coefficient (Wildman–Crippen LogP) is 13.2. The maximum atomic E-state index is 14.2.